The molecular formula is C23H50IP. The Kier molecular flexibility index (Phi) is 16.9. The summed E-state index contributed by atoms with van der Waals surface area (Å²) < 4.78 is -1.50. The number of halogens is 1. The Hall–Kier alpha value is 1.16. The van der Waals surface area contributed by atoms with Crippen LogP contribution in [0, 0.1) is 0 Å². The molecule has 0 rings (SSSR count). The molecule has 0 saturated carbocycles. The fraction of sp³-hybridized carbons (Fsp3) is 1.00. The van der Waals surface area contributed by atoms with E-state index in [2.05, 4.69) is 49.7 Å². The van der Waals surface area contributed by atoms with Gasteiger partial charge >= 0.3 is 175 Å². The summed E-state index contributed by atoms with van der Waals surface area (Å²) in [7, 11) is 0. The maximum atomic E-state index is 3.13. The van der Waals surface area contributed by atoms with Crippen molar-refractivity contribution in [3.05, 3.63) is 0 Å². The van der Waals surface area contributed by atoms with E-state index >= 15 is 0 Å². The molecule has 0 atom stereocenters. The third-order valence-electron chi connectivity index (χ3n) is 6.03. The summed E-state index contributed by atoms with van der Waals surface area (Å²) in [6.45, 7) is 9.42. The minimum absolute atomic E-state index is 1.37. The third-order valence-corrected chi connectivity index (χ3v) is 17.6. The van der Waals surface area contributed by atoms with Gasteiger partial charge in [0.25, 0.3) is 0 Å². The van der Waals surface area contributed by atoms with Crippen molar-refractivity contribution in [2.45, 2.75) is 124 Å². The third kappa shape index (κ3) is 13.0. The summed E-state index contributed by atoms with van der Waals surface area (Å²) >= 11 is 3.13. The van der Waals surface area contributed by atoms with Gasteiger partial charge in [0.2, 0.25) is 0 Å². The van der Waals surface area contributed by atoms with E-state index in [0.717, 1.165) is 0 Å². The van der Waals surface area contributed by atoms with Crippen molar-refractivity contribution < 1.29 is 0 Å². The van der Waals surface area contributed by atoms with Crippen LogP contribution in [-0.4, -0.2) is 24.6 Å². The maximum absolute atomic E-state index is 3.13. The van der Waals surface area contributed by atoms with Crippen molar-refractivity contribution in [2.75, 3.05) is 24.6 Å². The molecule has 0 fully saturated rings. The molecule has 2 heteroatoms. The van der Waals surface area contributed by atoms with Crippen molar-refractivity contribution in [3.63, 3.8) is 0 Å². The van der Waals surface area contributed by atoms with Crippen LogP contribution in [0.1, 0.15) is 124 Å². The van der Waals surface area contributed by atoms with E-state index in [1.54, 1.807) is 24.6 Å². The van der Waals surface area contributed by atoms with Crippen molar-refractivity contribution in [1.82, 2.24) is 0 Å². The first-order valence-electron chi connectivity index (χ1n) is 11.8. The van der Waals surface area contributed by atoms with E-state index in [0.29, 0.717) is 0 Å². The normalized spacial score (nSPS) is 13.7. The van der Waals surface area contributed by atoms with Gasteiger partial charge in [-0.1, -0.05) is 0 Å². The number of hydrogen-bond acceptors (Lipinski definition) is 0. The van der Waals surface area contributed by atoms with Crippen LogP contribution in [-0.2, 0) is 0 Å². The van der Waals surface area contributed by atoms with E-state index in [1.165, 1.54) is 96.3 Å². The Morgan fingerprint density at radius 1 is 0.400 bits per heavy atom. The van der Waals surface area contributed by atoms with Crippen LogP contribution in [0.2, 0.25) is 0 Å². The van der Waals surface area contributed by atoms with Crippen LogP contribution in [0.4, 0.5) is 0 Å². The average Bonchev–Trinajstić information content (AvgIpc) is 2.59. The van der Waals surface area contributed by atoms with Crippen LogP contribution in [0.15, 0.2) is 0 Å². The fourth-order valence-corrected chi connectivity index (χ4v) is 13.7. The molecule has 0 aromatic rings. The number of hydrogen-bond donors (Lipinski definition) is 0. The quantitative estimate of drug-likeness (QED) is 0.0972. The average molecular weight is 485 g/mol. The molecule has 0 amide bonds. The summed E-state index contributed by atoms with van der Waals surface area (Å²) in [4.78, 5) is 0. The van der Waals surface area contributed by atoms with Crippen LogP contribution < -0.4 is 0 Å². The molecule has 0 saturated heterocycles. The molecule has 0 heterocycles. The predicted octanol–water partition coefficient (Wildman–Crippen LogP) is 9.82. The van der Waals surface area contributed by atoms with Gasteiger partial charge in [0, 0.05) is 0 Å². The Bertz CT molecular complexity index is 261. The molecule has 0 aliphatic heterocycles. The predicted molar refractivity (Wildman–Crippen MR) is 132 cm³/mol. The van der Waals surface area contributed by atoms with Gasteiger partial charge in [0.15, 0.2) is 0 Å². The summed E-state index contributed by atoms with van der Waals surface area (Å²) in [6.07, 6.45) is 28.2. The minimum atomic E-state index is -1.50. The molecule has 25 heavy (non-hydrogen) atoms. The summed E-state index contributed by atoms with van der Waals surface area (Å²) in [5.41, 5.74) is 0. The van der Waals surface area contributed by atoms with Crippen molar-refractivity contribution >= 4 is 26.3 Å². The van der Waals surface area contributed by atoms with Crippen molar-refractivity contribution in [2.24, 2.45) is 0 Å². The topological polar surface area (TPSA) is 0 Å². The van der Waals surface area contributed by atoms with E-state index in [9.17, 15) is 0 Å². The van der Waals surface area contributed by atoms with Crippen LogP contribution in [0.5, 0.6) is 0 Å². The van der Waals surface area contributed by atoms with Crippen LogP contribution in [0.25, 0.3) is 0 Å². The molecule has 0 aromatic heterocycles. The number of rotatable bonds is 19. The molecule has 0 radical (unpaired) electrons. The summed E-state index contributed by atoms with van der Waals surface area (Å²) in [5, 5.41) is 0. The molecule has 154 valence electrons. The zero-order valence-corrected chi connectivity index (χ0v) is 21.3. The van der Waals surface area contributed by atoms with E-state index in [1.807, 2.05) is 0 Å². The van der Waals surface area contributed by atoms with Gasteiger partial charge in [0.05, 0.1) is 0 Å². The molecule has 0 nitrogen and oxygen atoms in total. The number of unbranched alkanes of at least 4 members (excludes halogenated alkanes) is 11. The fourth-order valence-electron chi connectivity index (χ4n) is 4.23. The second-order valence-electron chi connectivity index (χ2n) is 8.60. The summed E-state index contributed by atoms with van der Waals surface area (Å²) in [6, 6.07) is 0. The first-order valence-corrected chi connectivity index (χ1v) is 17.5. The van der Waals surface area contributed by atoms with Gasteiger partial charge in [-0.3, -0.25) is 0 Å². The first-order chi connectivity index (χ1) is 12.0. The van der Waals surface area contributed by atoms with E-state index in [4.69, 9.17) is 0 Å². The van der Waals surface area contributed by atoms with Crippen LogP contribution in [0.3, 0.4) is 0 Å². The monoisotopic (exact) mass is 484 g/mol. The van der Waals surface area contributed by atoms with Gasteiger partial charge in [0.1, 0.15) is 0 Å². The molecule has 0 spiro atoms. The molecule has 0 unspecified atom stereocenters. The van der Waals surface area contributed by atoms with Gasteiger partial charge in [-0.25, -0.2) is 0 Å². The van der Waals surface area contributed by atoms with Crippen LogP contribution >= 0.6 is 26.3 Å². The molecular weight excluding hydrogens is 434 g/mol. The van der Waals surface area contributed by atoms with Gasteiger partial charge in [-0.2, -0.15) is 0 Å². The summed E-state index contributed by atoms with van der Waals surface area (Å²) in [5.74, 6) is 0. The van der Waals surface area contributed by atoms with Gasteiger partial charge in [-0.05, 0) is 0 Å². The molecule has 0 aromatic carbocycles. The zero-order chi connectivity index (χ0) is 18.9. The standard InChI is InChI=1S/C23H50IP/c1-5-9-13-14-15-19-23-25(24,20-16-10-6-2,21-17-11-7-3)22-18-12-8-4/h5-23H2,1-4H3. The Morgan fingerprint density at radius 2 is 0.640 bits per heavy atom. The SMILES string of the molecule is CCCCCCCCP(I)(CCCCC)(CCCCC)CCCCC. The molecule has 0 aliphatic carbocycles. The first kappa shape index (κ1) is 26.2. The Balaban J connectivity index is 4.80. The van der Waals surface area contributed by atoms with Crippen molar-refractivity contribution in [3.8, 4) is 0 Å². The second-order valence-corrected chi connectivity index (χ2v) is 22.2. The van der Waals surface area contributed by atoms with Crippen molar-refractivity contribution in [1.29, 1.82) is 0 Å². The van der Waals surface area contributed by atoms with Gasteiger partial charge in [-0.15, -0.1) is 0 Å². The Labute approximate surface area is 174 Å². The Morgan fingerprint density at radius 3 is 1.00 bits per heavy atom. The van der Waals surface area contributed by atoms with E-state index in [-0.39, 0.29) is 0 Å². The van der Waals surface area contributed by atoms with E-state index < -0.39 is 4.25 Å². The molecule has 0 aliphatic rings. The van der Waals surface area contributed by atoms with Gasteiger partial charge < -0.3 is 0 Å². The second kappa shape index (κ2) is 16.1. The zero-order valence-electron chi connectivity index (χ0n) is 18.3. The molecule has 0 N–H and O–H groups in total. The molecule has 0 bridgehead atoms.